The molecule has 0 aromatic carbocycles. The Bertz CT molecular complexity index is 375. The summed E-state index contributed by atoms with van der Waals surface area (Å²) < 4.78 is 0. The third kappa shape index (κ3) is 1.88. The van der Waals surface area contributed by atoms with Crippen LogP contribution in [0.25, 0.3) is 0 Å². The number of piperazine rings is 1. The molecule has 0 spiro atoms. The first-order valence-corrected chi connectivity index (χ1v) is 5.02. The minimum Gasteiger partial charge on any atom is -0.396 e. The first-order valence-electron chi connectivity index (χ1n) is 5.02. The van der Waals surface area contributed by atoms with Crippen molar-refractivity contribution in [1.29, 1.82) is 0 Å². The highest BCUT2D eigenvalue weighted by atomic mass is 15.3. The number of likely N-dealkylation sites (N-methyl/N-ethyl adjacent to an activating group) is 1. The summed E-state index contributed by atoms with van der Waals surface area (Å²) in [6.07, 6.45) is 3.46. The molecule has 1 aromatic rings. The lowest BCUT2D eigenvalue weighted by Gasteiger charge is -2.37. The van der Waals surface area contributed by atoms with Gasteiger partial charge in [0.25, 0.3) is 0 Å². The van der Waals surface area contributed by atoms with Gasteiger partial charge in [-0.1, -0.05) is 6.58 Å². The molecule has 1 aliphatic heterocycles. The second-order valence-corrected chi connectivity index (χ2v) is 3.84. The third-order valence-corrected chi connectivity index (χ3v) is 2.79. The summed E-state index contributed by atoms with van der Waals surface area (Å²) in [5.74, 6) is 0. The molecule has 80 valence electrons. The summed E-state index contributed by atoms with van der Waals surface area (Å²) in [7, 11) is 2.07. The summed E-state index contributed by atoms with van der Waals surface area (Å²) in [5.41, 5.74) is 8.79. The smallest absolute Gasteiger partial charge is 0.0738 e. The second-order valence-electron chi connectivity index (χ2n) is 3.84. The van der Waals surface area contributed by atoms with E-state index in [2.05, 4.69) is 28.4 Å². The van der Waals surface area contributed by atoms with Crippen LogP contribution in [0, 0.1) is 0 Å². The molecule has 2 rings (SSSR count). The number of hydrogen-bond donors (Lipinski definition) is 1. The summed E-state index contributed by atoms with van der Waals surface area (Å²) in [6, 6.07) is 1.95. The first kappa shape index (κ1) is 9.83. The molecule has 1 saturated heterocycles. The van der Waals surface area contributed by atoms with Crippen LogP contribution in [0.1, 0.15) is 0 Å². The van der Waals surface area contributed by atoms with E-state index in [1.54, 1.807) is 12.4 Å². The lowest BCUT2D eigenvalue weighted by molar-refractivity contribution is 0.383. The molecule has 0 unspecified atom stereocenters. The Labute approximate surface area is 90.0 Å². The van der Waals surface area contributed by atoms with Gasteiger partial charge >= 0.3 is 0 Å². The molecule has 0 saturated carbocycles. The summed E-state index contributed by atoms with van der Waals surface area (Å²) in [4.78, 5) is 8.40. The zero-order valence-corrected chi connectivity index (χ0v) is 8.98. The van der Waals surface area contributed by atoms with Crippen molar-refractivity contribution in [3.05, 3.63) is 30.7 Å². The maximum Gasteiger partial charge on any atom is 0.0738 e. The molecule has 0 atom stereocenters. The van der Waals surface area contributed by atoms with Crippen LogP contribution in [0.3, 0.4) is 0 Å². The van der Waals surface area contributed by atoms with Crippen molar-refractivity contribution in [3.63, 3.8) is 0 Å². The molecule has 15 heavy (non-hydrogen) atoms. The van der Waals surface area contributed by atoms with Crippen LogP contribution in [-0.4, -0.2) is 36.6 Å². The molecule has 4 nitrogen and oxygen atoms in total. The van der Waals surface area contributed by atoms with Crippen molar-refractivity contribution >= 4 is 11.4 Å². The van der Waals surface area contributed by atoms with E-state index < -0.39 is 0 Å². The third-order valence-electron chi connectivity index (χ3n) is 2.79. The normalized spacial score (nSPS) is 17.0. The van der Waals surface area contributed by atoms with E-state index in [-0.39, 0.29) is 0 Å². The number of aromatic nitrogens is 1. The number of rotatable bonds is 1. The number of nitrogen functional groups attached to an aromatic ring is 1. The van der Waals surface area contributed by atoms with E-state index in [1.807, 2.05) is 6.07 Å². The van der Waals surface area contributed by atoms with E-state index in [9.17, 15) is 0 Å². The first-order chi connectivity index (χ1) is 7.18. The summed E-state index contributed by atoms with van der Waals surface area (Å²) >= 11 is 0. The van der Waals surface area contributed by atoms with Gasteiger partial charge in [-0.05, 0) is 6.07 Å². The molecular weight excluding hydrogens is 188 g/mol. The van der Waals surface area contributed by atoms with Gasteiger partial charge in [0.2, 0.25) is 0 Å². The van der Waals surface area contributed by atoms with Gasteiger partial charge in [0, 0.05) is 32.0 Å². The zero-order chi connectivity index (χ0) is 10.8. The predicted molar refractivity (Wildman–Crippen MR) is 62.6 cm³/mol. The fourth-order valence-electron chi connectivity index (χ4n) is 1.74. The highest BCUT2D eigenvalue weighted by Crippen LogP contribution is 2.24. The fraction of sp³-hybridized carbons (Fsp3) is 0.364. The Morgan fingerprint density at radius 1 is 1.47 bits per heavy atom. The highest BCUT2D eigenvalue weighted by molar-refractivity contribution is 5.66. The quantitative estimate of drug-likeness (QED) is 0.739. The topological polar surface area (TPSA) is 45.4 Å². The molecule has 0 amide bonds. The standard InChI is InChI=1S/C11H16N4/c1-9-8-15(6-5-14(9)2)11-3-4-13-7-10(11)12/h3-4,7H,1,5-6,8,12H2,2H3. The van der Waals surface area contributed by atoms with Gasteiger partial charge in [0.15, 0.2) is 0 Å². The number of hydrogen-bond acceptors (Lipinski definition) is 4. The molecule has 2 heterocycles. The molecule has 0 bridgehead atoms. The van der Waals surface area contributed by atoms with Gasteiger partial charge in [-0.25, -0.2) is 0 Å². The van der Waals surface area contributed by atoms with Crippen LogP contribution in [0.2, 0.25) is 0 Å². The van der Waals surface area contributed by atoms with E-state index >= 15 is 0 Å². The molecular formula is C11H16N4. The van der Waals surface area contributed by atoms with Crippen LogP contribution in [-0.2, 0) is 0 Å². The number of nitrogens with zero attached hydrogens (tertiary/aromatic N) is 3. The Hall–Kier alpha value is -1.71. The monoisotopic (exact) mass is 204 g/mol. The van der Waals surface area contributed by atoms with E-state index in [4.69, 9.17) is 5.73 Å². The van der Waals surface area contributed by atoms with Crippen molar-refractivity contribution in [1.82, 2.24) is 9.88 Å². The lowest BCUT2D eigenvalue weighted by Crippen LogP contribution is -2.42. The number of pyridine rings is 1. The highest BCUT2D eigenvalue weighted by Gasteiger charge is 2.18. The van der Waals surface area contributed by atoms with Gasteiger partial charge in [0.1, 0.15) is 0 Å². The van der Waals surface area contributed by atoms with Gasteiger partial charge in [0.05, 0.1) is 24.1 Å². The Morgan fingerprint density at radius 3 is 2.93 bits per heavy atom. The molecule has 0 aliphatic carbocycles. The molecule has 1 aromatic heterocycles. The minimum absolute atomic E-state index is 0.731. The maximum absolute atomic E-state index is 5.88. The van der Waals surface area contributed by atoms with E-state index in [0.717, 1.165) is 36.7 Å². The van der Waals surface area contributed by atoms with Crippen molar-refractivity contribution < 1.29 is 0 Å². The second kappa shape index (κ2) is 3.81. The Morgan fingerprint density at radius 2 is 2.27 bits per heavy atom. The number of anilines is 2. The van der Waals surface area contributed by atoms with Crippen molar-refractivity contribution in [3.8, 4) is 0 Å². The Balaban J connectivity index is 2.19. The number of nitrogens with two attached hydrogens (primary N) is 1. The van der Waals surface area contributed by atoms with Gasteiger partial charge < -0.3 is 15.5 Å². The van der Waals surface area contributed by atoms with Crippen LogP contribution >= 0.6 is 0 Å². The van der Waals surface area contributed by atoms with Crippen molar-refractivity contribution in [2.45, 2.75) is 0 Å². The molecule has 1 aliphatic rings. The summed E-state index contributed by atoms with van der Waals surface area (Å²) in [6.45, 7) is 6.83. The molecule has 4 heteroatoms. The lowest BCUT2D eigenvalue weighted by atomic mass is 10.2. The minimum atomic E-state index is 0.731. The van der Waals surface area contributed by atoms with Gasteiger partial charge in [-0.15, -0.1) is 0 Å². The maximum atomic E-state index is 5.88. The molecule has 2 N–H and O–H groups in total. The predicted octanol–water partition coefficient (Wildman–Crippen LogP) is 0.929. The average molecular weight is 204 g/mol. The van der Waals surface area contributed by atoms with Crippen molar-refractivity contribution in [2.75, 3.05) is 37.3 Å². The van der Waals surface area contributed by atoms with Crippen LogP contribution < -0.4 is 10.6 Å². The SMILES string of the molecule is C=C1CN(c2ccncc2N)CCN1C. The van der Waals surface area contributed by atoms with E-state index in [1.165, 1.54) is 0 Å². The molecule has 1 fully saturated rings. The van der Waals surface area contributed by atoms with Crippen LogP contribution in [0.4, 0.5) is 11.4 Å². The van der Waals surface area contributed by atoms with Crippen molar-refractivity contribution in [2.24, 2.45) is 0 Å². The molecule has 0 radical (unpaired) electrons. The fourth-order valence-corrected chi connectivity index (χ4v) is 1.74. The summed E-state index contributed by atoms with van der Waals surface area (Å²) in [5, 5.41) is 0. The van der Waals surface area contributed by atoms with Gasteiger partial charge in [-0.2, -0.15) is 0 Å². The van der Waals surface area contributed by atoms with Crippen LogP contribution in [0.15, 0.2) is 30.7 Å². The van der Waals surface area contributed by atoms with E-state index in [0.29, 0.717) is 0 Å². The van der Waals surface area contributed by atoms with Gasteiger partial charge in [-0.3, -0.25) is 4.98 Å². The Kier molecular flexibility index (Phi) is 2.49. The van der Waals surface area contributed by atoms with Crippen LogP contribution in [0.5, 0.6) is 0 Å². The average Bonchev–Trinajstić information content (AvgIpc) is 2.23. The largest absolute Gasteiger partial charge is 0.396 e. The zero-order valence-electron chi connectivity index (χ0n) is 8.98.